The van der Waals surface area contributed by atoms with E-state index in [9.17, 15) is 44.4 Å². The predicted molar refractivity (Wildman–Crippen MR) is 290 cm³/mol. The summed E-state index contributed by atoms with van der Waals surface area (Å²) in [5.74, 6) is -2.39. The number of phenolic OH excluding ortho intramolecular Hbond substituents is 3. The van der Waals surface area contributed by atoms with Gasteiger partial charge in [-0.1, -0.05) is 43.7 Å². The number of phenols is 3. The smallest absolute Gasteiger partial charge is 0.407 e. The standard InChI is InChI=1S/C59H67N7O14/c1-3-42-43-28-37(48-29-39(18-21-65(48)58(74)75)63-19-6-5-7-20-63)11-15-47(43)60-55-44(42)34-66-49(55)32-46-45(56(66)72)35-79-57(73)59(46,4-2)80-53(71)17-12-38-33-64(62-61-38)22-23-76-24-25-77-26-27-78-41-30-51(69)54(52(70)31-41)50(68)16-10-36-8-13-40(67)14-9-36/h8-9,11,13-15,28,30-33,39,48,67,69-70H,3-7,10,12,16-27,29,34-35H2,1-2H3,(H,74,75)/t39?,48-,59?/m0/s1. The monoisotopic (exact) mass is 1100 g/mol. The van der Waals surface area contributed by atoms with Gasteiger partial charge in [-0.2, -0.15) is 0 Å². The number of nitrogens with zero attached hydrogens (tertiary/aromatic N) is 7. The summed E-state index contributed by atoms with van der Waals surface area (Å²) in [5.41, 5.74) is 4.07. The lowest BCUT2D eigenvalue weighted by molar-refractivity contribution is -0.189. The van der Waals surface area contributed by atoms with Gasteiger partial charge in [0.05, 0.1) is 80.1 Å². The van der Waals surface area contributed by atoms with Crippen molar-refractivity contribution in [2.45, 2.75) is 122 Å². The molecule has 422 valence electrons. The molecule has 4 N–H and O–H groups in total. The summed E-state index contributed by atoms with van der Waals surface area (Å²) >= 11 is 0. The number of cyclic esters (lactones) is 1. The van der Waals surface area contributed by atoms with E-state index >= 15 is 0 Å². The van der Waals surface area contributed by atoms with Crippen molar-refractivity contribution < 1.29 is 63.3 Å². The summed E-state index contributed by atoms with van der Waals surface area (Å²) in [7, 11) is 0. The van der Waals surface area contributed by atoms with Crippen LogP contribution in [0.3, 0.4) is 0 Å². The van der Waals surface area contributed by atoms with Crippen molar-refractivity contribution in [3.63, 3.8) is 0 Å². The molecule has 0 bridgehead atoms. The molecule has 0 radical (unpaired) electrons. The van der Waals surface area contributed by atoms with Crippen LogP contribution in [0.5, 0.6) is 23.0 Å². The molecule has 1 amide bonds. The molecule has 2 saturated heterocycles. The number of aromatic nitrogens is 5. The van der Waals surface area contributed by atoms with Crippen LogP contribution in [0.15, 0.2) is 71.7 Å². The number of amides is 1. The van der Waals surface area contributed by atoms with E-state index in [0.717, 1.165) is 60.0 Å². The first-order valence-corrected chi connectivity index (χ1v) is 27.6. The average molecular weight is 1100 g/mol. The van der Waals surface area contributed by atoms with Crippen molar-refractivity contribution in [2.75, 3.05) is 52.7 Å². The summed E-state index contributed by atoms with van der Waals surface area (Å²) in [6.45, 7) is 7.76. The molecule has 21 heteroatoms. The van der Waals surface area contributed by atoms with Gasteiger partial charge in [-0.15, -0.1) is 5.10 Å². The van der Waals surface area contributed by atoms with Crippen LogP contribution in [0.2, 0.25) is 0 Å². The molecule has 10 rings (SSSR count). The fourth-order valence-electron chi connectivity index (χ4n) is 11.8. The zero-order valence-electron chi connectivity index (χ0n) is 45.1. The summed E-state index contributed by atoms with van der Waals surface area (Å²) in [5, 5.41) is 50.0. The van der Waals surface area contributed by atoms with Crippen molar-refractivity contribution in [3.8, 4) is 34.4 Å². The number of ether oxygens (including phenoxy) is 5. The summed E-state index contributed by atoms with van der Waals surface area (Å²) in [4.78, 5) is 76.6. The topological polar surface area (TPSA) is 267 Å². The third-order valence-corrected chi connectivity index (χ3v) is 16.0. The molecule has 80 heavy (non-hydrogen) atoms. The quantitative estimate of drug-likeness (QED) is 0.0299. The van der Waals surface area contributed by atoms with Crippen molar-refractivity contribution >= 4 is 34.7 Å². The zero-order chi connectivity index (χ0) is 56.1. The van der Waals surface area contributed by atoms with Crippen LogP contribution in [0.1, 0.15) is 121 Å². The Bertz CT molecular complexity index is 3330. The lowest BCUT2D eigenvalue weighted by Crippen LogP contribution is -2.49. The van der Waals surface area contributed by atoms with Crippen LogP contribution in [0.4, 0.5) is 4.79 Å². The number of carbonyl (C=O) groups excluding carboxylic acids is 3. The minimum atomic E-state index is -1.88. The Morgan fingerprint density at radius 3 is 2.33 bits per heavy atom. The molecule has 0 saturated carbocycles. The van der Waals surface area contributed by atoms with E-state index in [4.69, 9.17) is 28.7 Å². The second-order valence-corrected chi connectivity index (χ2v) is 20.8. The number of aromatic hydroxyl groups is 3. The maximum atomic E-state index is 14.5. The van der Waals surface area contributed by atoms with Gasteiger partial charge in [0.15, 0.2) is 5.78 Å². The van der Waals surface area contributed by atoms with E-state index in [1.165, 1.54) is 30.7 Å². The zero-order valence-corrected chi connectivity index (χ0v) is 45.1. The van der Waals surface area contributed by atoms with Gasteiger partial charge in [-0.3, -0.25) is 14.4 Å². The van der Waals surface area contributed by atoms with E-state index in [0.29, 0.717) is 61.0 Å². The Balaban J connectivity index is 0.713. The summed E-state index contributed by atoms with van der Waals surface area (Å²) in [6, 6.07) is 16.7. The number of Topliss-reactive ketones (excluding diaryl/α,β-unsaturated/α-hetero) is 1. The normalized spacial score (nSPS) is 18.8. The fraction of sp³-hybridized carbons (Fsp3) is 0.458. The first-order chi connectivity index (χ1) is 38.7. The van der Waals surface area contributed by atoms with E-state index in [1.54, 1.807) is 45.5 Å². The van der Waals surface area contributed by atoms with Crippen molar-refractivity contribution in [2.24, 2.45) is 0 Å². The first-order valence-electron chi connectivity index (χ1n) is 27.6. The average Bonchev–Trinajstić information content (AvgIpc) is 4.20. The maximum absolute atomic E-state index is 14.5. The van der Waals surface area contributed by atoms with Crippen molar-refractivity contribution in [3.05, 3.63) is 122 Å². The van der Waals surface area contributed by atoms with Gasteiger partial charge < -0.3 is 58.5 Å². The van der Waals surface area contributed by atoms with Gasteiger partial charge in [0.25, 0.3) is 5.56 Å². The molecular weight excluding hydrogens is 1030 g/mol. The highest BCUT2D eigenvalue weighted by atomic mass is 16.6. The number of carbonyl (C=O) groups is 4. The Labute approximate surface area is 461 Å². The number of piperidine rings is 2. The molecule has 3 aromatic heterocycles. The van der Waals surface area contributed by atoms with Crippen LogP contribution in [0, 0.1) is 0 Å². The van der Waals surface area contributed by atoms with Gasteiger partial charge in [0.1, 0.15) is 41.8 Å². The molecule has 3 atom stereocenters. The number of hydrogen-bond donors (Lipinski definition) is 4. The SMILES string of the molecule is CCc1c2c(nc3ccc([C@@H]4CC(N5CCCCC5)CCN4C(=O)O)cc13)-c1cc3c(c(=O)n1C2)COC(=O)C3(CC)OC(=O)CCc1cn(CCOCCOCCOc2cc(O)c(C(=O)CCc3ccc(O)cc3)c(O)c2)nn1. The molecule has 0 aliphatic carbocycles. The molecule has 0 spiro atoms. The fourth-order valence-corrected chi connectivity index (χ4v) is 11.8. The highest BCUT2D eigenvalue weighted by Crippen LogP contribution is 2.44. The van der Waals surface area contributed by atoms with E-state index < -0.39 is 40.9 Å². The minimum absolute atomic E-state index is 0.0116. The maximum Gasteiger partial charge on any atom is 0.407 e. The first kappa shape index (κ1) is 55.4. The molecule has 6 aromatic rings. The second-order valence-electron chi connectivity index (χ2n) is 20.8. The number of aryl methyl sites for hydroxylation is 3. The van der Waals surface area contributed by atoms with Crippen LogP contribution >= 0.6 is 0 Å². The van der Waals surface area contributed by atoms with E-state index in [1.807, 2.05) is 12.1 Å². The molecule has 21 nitrogen and oxygen atoms in total. The molecule has 7 heterocycles. The van der Waals surface area contributed by atoms with Gasteiger partial charge >= 0.3 is 18.0 Å². The van der Waals surface area contributed by atoms with Crippen molar-refractivity contribution in [1.82, 2.24) is 34.3 Å². The van der Waals surface area contributed by atoms with Gasteiger partial charge in [0.2, 0.25) is 5.60 Å². The molecule has 4 aliphatic heterocycles. The number of likely N-dealkylation sites (tertiary alicyclic amines) is 2. The van der Waals surface area contributed by atoms with Gasteiger partial charge in [-0.05, 0) is 105 Å². The Kier molecular flexibility index (Phi) is 16.8. The number of esters is 2. The largest absolute Gasteiger partial charge is 0.508 e. The lowest BCUT2D eigenvalue weighted by Gasteiger charge is -2.43. The predicted octanol–water partition coefficient (Wildman–Crippen LogP) is 7.13. The highest BCUT2D eigenvalue weighted by Gasteiger charge is 2.50. The van der Waals surface area contributed by atoms with E-state index in [-0.39, 0.29) is 112 Å². The van der Waals surface area contributed by atoms with Crippen molar-refractivity contribution in [1.29, 1.82) is 0 Å². The number of ketones is 1. The number of fused-ring (bicyclic) bond motifs is 5. The Hall–Kier alpha value is -7.88. The second kappa shape index (κ2) is 24.2. The van der Waals surface area contributed by atoms with Gasteiger partial charge in [0, 0.05) is 60.3 Å². The molecule has 3 aromatic carbocycles. The minimum Gasteiger partial charge on any atom is -0.508 e. The number of pyridine rings is 2. The summed E-state index contributed by atoms with van der Waals surface area (Å²) < 4.78 is 31.8. The number of rotatable bonds is 22. The van der Waals surface area contributed by atoms with E-state index in [2.05, 4.69) is 28.2 Å². The molecular formula is C59H67N7O14. The van der Waals surface area contributed by atoms with Crippen LogP contribution in [-0.2, 0) is 73.1 Å². The highest BCUT2D eigenvalue weighted by molar-refractivity contribution is 6.01. The number of carboxylic acid groups (broad SMARTS) is 1. The third kappa shape index (κ3) is 11.6. The lowest BCUT2D eigenvalue weighted by atomic mass is 9.85. The van der Waals surface area contributed by atoms with Crippen LogP contribution < -0.4 is 10.3 Å². The summed E-state index contributed by atoms with van der Waals surface area (Å²) in [6.07, 6.45) is 6.92. The Morgan fingerprint density at radius 1 is 0.838 bits per heavy atom. The number of benzene rings is 3. The number of hydrogen-bond acceptors (Lipinski definition) is 17. The molecule has 4 aliphatic rings. The van der Waals surface area contributed by atoms with Crippen LogP contribution in [-0.4, -0.2) is 137 Å². The Morgan fingerprint density at radius 2 is 1.59 bits per heavy atom. The third-order valence-electron chi connectivity index (χ3n) is 16.0. The molecule has 2 unspecified atom stereocenters. The molecule has 2 fully saturated rings. The van der Waals surface area contributed by atoms with Crippen LogP contribution in [0.25, 0.3) is 22.3 Å². The van der Waals surface area contributed by atoms with Gasteiger partial charge in [-0.25, -0.2) is 19.3 Å².